The molecule has 11 heteroatoms. The van der Waals surface area contributed by atoms with Gasteiger partial charge in [0.05, 0.1) is 16.9 Å². The maximum atomic E-state index is 13.4. The second kappa shape index (κ2) is 10.4. The first-order chi connectivity index (χ1) is 15.4. The number of amides is 2. The summed E-state index contributed by atoms with van der Waals surface area (Å²) in [6.07, 6.45) is 0.923. The number of nitro benzene ring substituents is 1. The predicted molar refractivity (Wildman–Crippen MR) is 125 cm³/mol. The Hall–Kier alpha value is -3.47. The van der Waals surface area contributed by atoms with Gasteiger partial charge in [-0.1, -0.05) is 30.3 Å². The lowest BCUT2D eigenvalue weighted by molar-refractivity contribution is -0.384. The third kappa shape index (κ3) is 6.28. The molecule has 0 saturated carbocycles. The van der Waals surface area contributed by atoms with E-state index in [2.05, 4.69) is 5.32 Å². The van der Waals surface area contributed by atoms with Crippen molar-refractivity contribution >= 4 is 33.2 Å². The van der Waals surface area contributed by atoms with Crippen molar-refractivity contribution in [2.45, 2.75) is 33.4 Å². The maximum absolute atomic E-state index is 13.4. The molecule has 0 heterocycles. The monoisotopic (exact) mass is 476 g/mol. The van der Waals surface area contributed by atoms with Crippen molar-refractivity contribution < 1.29 is 22.9 Å². The standard InChI is InChI=1S/C22H28N4O6S/c1-15-8-6-7-9-18(15)13-24(17(3)22(28)23-4)21(27)14-25(33(5,31)32)20-12-19(26(29)30)11-10-16(20)2/h6-12,17H,13-14H2,1-5H3,(H,23,28)/t17-/m0/s1. The number of nitrogens with zero attached hydrogens (tertiary/aromatic N) is 3. The molecule has 0 bridgehead atoms. The average molecular weight is 477 g/mol. The van der Waals surface area contributed by atoms with Gasteiger partial charge in [-0.3, -0.25) is 24.0 Å². The van der Waals surface area contributed by atoms with Crippen LogP contribution in [0.2, 0.25) is 0 Å². The Balaban J connectivity index is 2.49. The summed E-state index contributed by atoms with van der Waals surface area (Å²) in [5, 5.41) is 13.7. The molecule has 0 aliphatic carbocycles. The van der Waals surface area contributed by atoms with Gasteiger partial charge in [0, 0.05) is 25.7 Å². The minimum atomic E-state index is -3.98. The molecule has 0 aliphatic heterocycles. The molecule has 0 spiro atoms. The largest absolute Gasteiger partial charge is 0.357 e. The molecule has 0 saturated heterocycles. The highest BCUT2D eigenvalue weighted by Gasteiger charge is 2.31. The van der Waals surface area contributed by atoms with E-state index in [1.54, 1.807) is 13.8 Å². The number of hydrogen-bond acceptors (Lipinski definition) is 6. The van der Waals surface area contributed by atoms with E-state index in [0.717, 1.165) is 27.8 Å². The minimum Gasteiger partial charge on any atom is -0.357 e. The summed E-state index contributed by atoms with van der Waals surface area (Å²) in [7, 11) is -2.53. The molecule has 0 fully saturated rings. The van der Waals surface area contributed by atoms with Crippen LogP contribution >= 0.6 is 0 Å². The fourth-order valence-corrected chi connectivity index (χ4v) is 4.24. The van der Waals surface area contributed by atoms with E-state index >= 15 is 0 Å². The molecule has 1 atom stereocenters. The molecule has 178 valence electrons. The molecular formula is C22H28N4O6S. The highest BCUT2D eigenvalue weighted by Crippen LogP contribution is 2.28. The van der Waals surface area contributed by atoms with Crippen molar-refractivity contribution in [3.8, 4) is 0 Å². The third-order valence-corrected chi connectivity index (χ3v) is 6.49. The van der Waals surface area contributed by atoms with E-state index in [-0.39, 0.29) is 17.9 Å². The normalized spacial score (nSPS) is 12.0. The van der Waals surface area contributed by atoms with Crippen LogP contribution in [0.3, 0.4) is 0 Å². The van der Waals surface area contributed by atoms with Crippen LogP contribution in [-0.2, 0) is 26.2 Å². The zero-order chi connectivity index (χ0) is 24.9. The Bertz CT molecular complexity index is 1170. The Labute approximate surface area is 193 Å². The van der Waals surface area contributed by atoms with Crippen LogP contribution in [0, 0.1) is 24.0 Å². The minimum absolute atomic E-state index is 0.0310. The zero-order valence-electron chi connectivity index (χ0n) is 19.2. The van der Waals surface area contributed by atoms with E-state index in [1.165, 1.54) is 24.1 Å². The molecule has 33 heavy (non-hydrogen) atoms. The second-order valence-electron chi connectivity index (χ2n) is 7.74. The Morgan fingerprint density at radius 1 is 1.12 bits per heavy atom. The van der Waals surface area contributed by atoms with Gasteiger partial charge in [0.25, 0.3) is 5.69 Å². The predicted octanol–water partition coefficient (Wildman–Crippen LogP) is 2.14. The third-order valence-electron chi connectivity index (χ3n) is 5.37. The van der Waals surface area contributed by atoms with Gasteiger partial charge in [0.15, 0.2) is 0 Å². The molecule has 0 aliphatic rings. The average Bonchev–Trinajstić information content (AvgIpc) is 2.75. The Kier molecular flexibility index (Phi) is 8.15. The molecule has 2 aromatic carbocycles. The SMILES string of the molecule is CNC(=O)[C@H](C)N(Cc1ccccc1C)C(=O)CN(c1cc([N+](=O)[O-])ccc1C)S(C)(=O)=O. The highest BCUT2D eigenvalue weighted by molar-refractivity contribution is 7.92. The van der Waals surface area contributed by atoms with Crippen LogP contribution in [0.4, 0.5) is 11.4 Å². The molecule has 1 N–H and O–H groups in total. The number of sulfonamides is 1. The van der Waals surface area contributed by atoms with Gasteiger partial charge >= 0.3 is 0 Å². The van der Waals surface area contributed by atoms with E-state index in [0.29, 0.717) is 5.56 Å². The van der Waals surface area contributed by atoms with E-state index in [1.807, 2.05) is 31.2 Å². The van der Waals surface area contributed by atoms with Gasteiger partial charge in [-0.2, -0.15) is 0 Å². The summed E-state index contributed by atoms with van der Waals surface area (Å²) in [6.45, 7) is 4.50. The van der Waals surface area contributed by atoms with Crippen LogP contribution in [0.5, 0.6) is 0 Å². The van der Waals surface area contributed by atoms with Gasteiger partial charge in [-0.25, -0.2) is 8.42 Å². The topological polar surface area (TPSA) is 130 Å². The van der Waals surface area contributed by atoms with Crippen LogP contribution in [-0.4, -0.2) is 55.9 Å². The molecule has 0 unspecified atom stereocenters. The fraction of sp³-hybridized carbons (Fsp3) is 0.364. The summed E-state index contributed by atoms with van der Waals surface area (Å²) < 4.78 is 26.0. The first-order valence-corrected chi connectivity index (χ1v) is 12.0. The lowest BCUT2D eigenvalue weighted by Gasteiger charge is -2.32. The van der Waals surface area contributed by atoms with Gasteiger partial charge in [-0.15, -0.1) is 0 Å². The molecule has 0 aromatic heterocycles. The summed E-state index contributed by atoms with van der Waals surface area (Å²) in [5.74, 6) is -1.03. The number of rotatable bonds is 9. The number of carbonyl (C=O) groups excluding carboxylic acids is 2. The Morgan fingerprint density at radius 3 is 2.30 bits per heavy atom. The van der Waals surface area contributed by atoms with Gasteiger partial charge in [0.1, 0.15) is 12.6 Å². The summed E-state index contributed by atoms with van der Waals surface area (Å²) >= 11 is 0. The molecule has 10 nitrogen and oxygen atoms in total. The number of anilines is 1. The first-order valence-electron chi connectivity index (χ1n) is 10.1. The Morgan fingerprint density at radius 2 is 1.76 bits per heavy atom. The van der Waals surface area contributed by atoms with Crippen LogP contribution < -0.4 is 9.62 Å². The van der Waals surface area contributed by atoms with Gasteiger partial charge in [0.2, 0.25) is 21.8 Å². The molecular weight excluding hydrogens is 448 g/mol. The summed E-state index contributed by atoms with van der Waals surface area (Å²) in [4.78, 5) is 37.6. The van der Waals surface area contributed by atoms with Crippen molar-refractivity contribution in [3.63, 3.8) is 0 Å². The quantitative estimate of drug-likeness (QED) is 0.436. The van der Waals surface area contributed by atoms with Crippen LogP contribution in [0.25, 0.3) is 0 Å². The number of hydrogen-bond donors (Lipinski definition) is 1. The van der Waals surface area contributed by atoms with Crippen molar-refractivity contribution in [2.75, 3.05) is 24.2 Å². The van der Waals surface area contributed by atoms with E-state index in [9.17, 15) is 28.1 Å². The fourth-order valence-electron chi connectivity index (χ4n) is 3.34. The first kappa shape index (κ1) is 25.8. The lowest BCUT2D eigenvalue weighted by atomic mass is 10.1. The van der Waals surface area contributed by atoms with Crippen molar-refractivity contribution in [1.29, 1.82) is 0 Å². The van der Waals surface area contributed by atoms with Crippen molar-refractivity contribution in [2.24, 2.45) is 0 Å². The zero-order valence-corrected chi connectivity index (χ0v) is 20.0. The maximum Gasteiger partial charge on any atom is 0.271 e. The highest BCUT2D eigenvalue weighted by atomic mass is 32.2. The lowest BCUT2D eigenvalue weighted by Crippen LogP contribution is -2.50. The van der Waals surface area contributed by atoms with Gasteiger partial charge < -0.3 is 10.2 Å². The molecule has 0 radical (unpaired) electrons. The van der Waals surface area contributed by atoms with E-state index in [4.69, 9.17) is 0 Å². The number of aryl methyl sites for hydroxylation is 2. The summed E-state index contributed by atoms with van der Waals surface area (Å²) in [5.41, 5.74) is 1.90. The van der Waals surface area contributed by atoms with Gasteiger partial charge in [-0.05, 0) is 37.5 Å². The second-order valence-corrected chi connectivity index (χ2v) is 9.64. The number of benzene rings is 2. The number of nitrogens with one attached hydrogen (secondary N) is 1. The summed E-state index contributed by atoms with van der Waals surface area (Å²) in [6, 6.07) is 10.3. The van der Waals surface area contributed by atoms with Crippen molar-refractivity contribution in [3.05, 3.63) is 69.3 Å². The number of non-ortho nitro benzene ring substituents is 1. The van der Waals surface area contributed by atoms with Crippen molar-refractivity contribution in [1.82, 2.24) is 10.2 Å². The number of likely N-dealkylation sites (N-methyl/N-ethyl adjacent to an activating group) is 1. The number of carbonyl (C=O) groups is 2. The number of nitro groups is 1. The molecule has 2 rings (SSSR count). The molecule has 2 amide bonds. The smallest absolute Gasteiger partial charge is 0.271 e. The van der Waals surface area contributed by atoms with Crippen LogP contribution in [0.15, 0.2) is 42.5 Å². The van der Waals surface area contributed by atoms with Crippen LogP contribution in [0.1, 0.15) is 23.6 Å². The molecule has 2 aromatic rings. The van der Waals surface area contributed by atoms with E-state index < -0.39 is 39.3 Å².